The van der Waals surface area contributed by atoms with E-state index in [1.807, 2.05) is 0 Å². The standard InChI is InChI=1S/C9H5F5N4/c10-5-3(1-18-2-4(15)16-17-18)6(11)8(13)9(14)7(5)12/h2H,1,15H2. The molecule has 0 bridgehead atoms. The van der Waals surface area contributed by atoms with E-state index in [0.29, 0.717) is 0 Å². The average Bonchev–Trinajstić information content (AvgIpc) is 2.75. The summed E-state index contributed by atoms with van der Waals surface area (Å²) in [6.45, 7) is -0.671. The molecule has 0 aliphatic carbocycles. The Morgan fingerprint density at radius 2 is 1.44 bits per heavy atom. The van der Waals surface area contributed by atoms with Gasteiger partial charge in [0.05, 0.1) is 18.3 Å². The zero-order chi connectivity index (χ0) is 13.4. The fourth-order valence-corrected chi connectivity index (χ4v) is 1.34. The van der Waals surface area contributed by atoms with Gasteiger partial charge >= 0.3 is 0 Å². The van der Waals surface area contributed by atoms with Crippen molar-refractivity contribution in [1.29, 1.82) is 0 Å². The minimum Gasteiger partial charge on any atom is -0.381 e. The molecule has 0 fully saturated rings. The van der Waals surface area contributed by atoms with Gasteiger partial charge in [-0.25, -0.2) is 26.6 Å². The van der Waals surface area contributed by atoms with Gasteiger partial charge in [-0.05, 0) is 0 Å². The lowest BCUT2D eigenvalue weighted by Gasteiger charge is -2.07. The zero-order valence-electron chi connectivity index (χ0n) is 8.59. The van der Waals surface area contributed by atoms with Crippen molar-refractivity contribution in [2.24, 2.45) is 0 Å². The Kier molecular flexibility index (Phi) is 2.89. The molecule has 0 atom stereocenters. The molecule has 2 aromatic rings. The zero-order valence-corrected chi connectivity index (χ0v) is 8.59. The fraction of sp³-hybridized carbons (Fsp3) is 0.111. The number of hydrogen-bond donors (Lipinski definition) is 1. The first-order chi connectivity index (χ1) is 8.41. The molecule has 96 valence electrons. The Labute approximate surface area is 96.8 Å². The van der Waals surface area contributed by atoms with Crippen LogP contribution in [0.1, 0.15) is 5.56 Å². The Morgan fingerprint density at radius 1 is 0.944 bits per heavy atom. The quantitative estimate of drug-likeness (QED) is 0.509. The SMILES string of the molecule is Nc1cn(Cc2c(F)c(F)c(F)c(F)c2F)nn1. The van der Waals surface area contributed by atoms with E-state index in [0.717, 1.165) is 10.9 Å². The molecule has 0 saturated heterocycles. The van der Waals surface area contributed by atoms with Crippen molar-refractivity contribution in [3.63, 3.8) is 0 Å². The minimum absolute atomic E-state index is 0.0427. The largest absolute Gasteiger partial charge is 0.381 e. The second kappa shape index (κ2) is 4.24. The summed E-state index contributed by atoms with van der Waals surface area (Å²) in [6.07, 6.45) is 1.10. The highest BCUT2D eigenvalue weighted by Crippen LogP contribution is 2.23. The third kappa shape index (κ3) is 1.87. The Hall–Kier alpha value is -2.19. The van der Waals surface area contributed by atoms with Gasteiger partial charge in [-0.3, -0.25) is 0 Å². The van der Waals surface area contributed by atoms with Crippen molar-refractivity contribution >= 4 is 5.82 Å². The Bertz CT molecular complexity index is 580. The number of nitrogen functional groups attached to an aromatic ring is 1. The number of hydrogen-bond acceptors (Lipinski definition) is 3. The summed E-state index contributed by atoms with van der Waals surface area (Å²) in [5, 5.41) is 6.66. The van der Waals surface area contributed by atoms with Crippen LogP contribution < -0.4 is 5.73 Å². The number of nitrogens with two attached hydrogens (primary N) is 1. The number of anilines is 1. The van der Waals surface area contributed by atoms with Crippen LogP contribution in [-0.4, -0.2) is 15.0 Å². The predicted molar refractivity (Wildman–Crippen MR) is 49.8 cm³/mol. The average molecular weight is 264 g/mol. The van der Waals surface area contributed by atoms with Crippen molar-refractivity contribution in [2.75, 3.05) is 5.73 Å². The van der Waals surface area contributed by atoms with Crippen LogP contribution in [0, 0.1) is 29.1 Å². The molecule has 1 heterocycles. The first-order valence-corrected chi connectivity index (χ1v) is 4.57. The maximum absolute atomic E-state index is 13.3. The number of halogens is 5. The highest BCUT2D eigenvalue weighted by atomic mass is 19.2. The third-order valence-corrected chi connectivity index (χ3v) is 2.18. The van der Waals surface area contributed by atoms with Gasteiger partial charge in [0.2, 0.25) is 5.82 Å². The van der Waals surface area contributed by atoms with E-state index in [1.54, 1.807) is 0 Å². The minimum atomic E-state index is -2.20. The van der Waals surface area contributed by atoms with Crippen LogP contribution in [0.5, 0.6) is 0 Å². The van der Waals surface area contributed by atoms with Crippen LogP contribution in [0.4, 0.5) is 27.8 Å². The summed E-state index contributed by atoms with van der Waals surface area (Å²) in [4.78, 5) is 0. The molecule has 1 aromatic heterocycles. The number of nitrogens with zero attached hydrogens (tertiary/aromatic N) is 3. The van der Waals surface area contributed by atoms with Crippen molar-refractivity contribution in [3.05, 3.63) is 40.8 Å². The molecule has 2 N–H and O–H groups in total. The Balaban J connectivity index is 2.51. The molecule has 0 amide bonds. The van der Waals surface area contributed by atoms with Gasteiger partial charge in [-0.2, -0.15) is 0 Å². The van der Waals surface area contributed by atoms with Crippen LogP contribution in [0.3, 0.4) is 0 Å². The number of benzene rings is 1. The van der Waals surface area contributed by atoms with E-state index < -0.39 is 41.2 Å². The van der Waals surface area contributed by atoms with Gasteiger partial charge in [0, 0.05) is 0 Å². The molecule has 1 aromatic carbocycles. The van der Waals surface area contributed by atoms with Gasteiger partial charge in [-0.1, -0.05) is 5.21 Å². The number of aromatic nitrogens is 3. The van der Waals surface area contributed by atoms with Crippen LogP contribution in [0.15, 0.2) is 6.20 Å². The first-order valence-electron chi connectivity index (χ1n) is 4.57. The summed E-state index contributed by atoms with van der Waals surface area (Å²) in [5.74, 6) is -10.1. The summed E-state index contributed by atoms with van der Waals surface area (Å²) in [6, 6.07) is 0. The maximum Gasteiger partial charge on any atom is 0.200 e. The lowest BCUT2D eigenvalue weighted by atomic mass is 10.1. The molecule has 0 aliphatic rings. The van der Waals surface area contributed by atoms with E-state index in [9.17, 15) is 22.0 Å². The molecule has 4 nitrogen and oxygen atoms in total. The van der Waals surface area contributed by atoms with E-state index in [1.165, 1.54) is 0 Å². The van der Waals surface area contributed by atoms with Crippen molar-refractivity contribution in [3.8, 4) is 0 Å². The van der Waals surface area contributed by atoms with E-state index in [-0.39, 0.29) is 5.82 Å². The summed E-state index contributed by atoms with van der Waals surface area (Å²) in [7, 11) is 0. The van der Waals surface area contributed by atoms with Gasteiger partial charge < -0.3 is 5.73 Å². The topological polar surface area (TPSA) is 56.7 Å². The van der Waals surface area contributed by atoms with Gasteiger partial charge in [0.1, 0.15) is 0 Å². The molecule has 0 radical (unpaired) electrons. The highest BCUT2D eigenvalue weighted by molar-refractivity contribution is 5.25. The highest BCUT2D eigenvalue weighted by Gasteiger charge is 2.25. The molecule has 9 heteroatoms. The lowest BCUT2D eigenvalue weighted by molar-refractivity contribution is 0.366. The van der Waals surface area contributed by atoms with Gasteiger partial charge in [-0.15, -0.1) is 5.10 Å². The van der Waals surface area contributed by atoms with Crippen LogP contribution in [-0.2, 0) is 6.54 Å². The Morgan fingerprint density at radius 3 is 1.89 bits per heavy atom. The second-order valence-corrected chi connectivity index (χ2v) is 3.39. The first kappa shape index (κ1) is 12.3. The molecule has 2 rings (SSSR count). The second-order valence-electron chi connectivity index (χ2n) is 3.39. The molecule has 18 heavy (non-hydrogen) atoms. The van der Waals surface area contributed by atoms with E-state index in [2.05, 4.69) is 10.3 Å². The van der Waals surface area contributed by atoms with Crippen molar-refractivity contribution in [2.45, 2.75) is 6.54 Å². The molecular weight excluding hydrogens is 259 g/mol. The van der Waals surface area contributed by atoms with Crippen molar-refractivity contribution < 1.29 is 22.0 Å². The van der Waals surface area contributed by atoms with E-state index >= 15 is 0 Å². The van der Waals surface area contributed by atoms with E-state index in [4.69, 9.17) is 5.73 Å². The normalized spacial score (nSPS) is 10.9. The fourth-order valence-electron chi connectivity index (χ4n) is 1.34. The van der Waals surface area contributed by atoms with Crippen molar-refractivity contribution in [1.82, 2.24) is 15.0 Å². The maximum atomic E-state index is 13.3. The molecule has 0 aliphatic heterocycles. The summed E-state index contributed by atoms with van der Waals surface area (Å²) < 4.78 is 65.9. The third-order valence-electron chi connectivity index (χ3n) is 2.18. The van der Waals surface area contributed by atoms with Gasteiger partial charge in [0.25, 0.3) is 0 Å². The molecule has 0 spiro atoms. The van der Waals surface area contributed by atoms with Crippen LogP contribution in [0.2, 0.25) is 0 Å². The monoisotopic (exact) mass is 264 g/mol. The van der Waals surface area contributed by atoms with Gasteiger partial charge in [0.15, 0.2) is 29.1 Å². The summed E-state index contributed by atoms with van der Waals surface area (Å²) in [5.41, 5.74) is 4.20. The lowest BCUT2D eigenvalue weighted by Crippen LogP contribution is -2.11. The predicted octanol–water partition coefficient (Wildman–Crippen LogP) is 1.60. The van der Waals surface area contributed by atoms with Crippen LogP contribution >= 0.6 is 0 Å². The van der Waals surface area contributed by atoms with Crippen LogP contribution in [0.25, 0.3) is 0 Å². The smallest absolute Gasteiger partial charge is 0.200 e. The molecular formula is C9H5F5N4. The molecule has 0 saturated carbocycles. The number of rotatable bonds is 2. The molecule has 0 unspecified atom stereocenters. The summed E-state index contributed by atoms with van der Waals surface area (Å²) >= 11 is 0.